The van der Waals surface area contributed by atoms with E-state index in [-0.39, 0.29) is 53.6 Å². The van der Waals surface area contributed by atoms with Gasteiger partial charge in [0.2, 0.25) is 5.88 Å². The second-order valence-corrected chi connectivity index (χ2v) is 12.2. The average molecular weight is 636 g/mol. The number of piperazine rings is 1. The quantitative estimate of drug-likeness (QED) is 0.315. The van der Waals surface area contributed by atoms with E-state index in [9.17, 15) is 17.6 Å². The third kappa shape index (κ3) is 5.08. The van der Waals surface area contributed by atoms with E-state index >= 15 is 4.39 Å². The van der Waals surface area contributed by atoms with Crippen LogP contribution in [0.1, 0.15) is 37.8 Å². The lowest BCUT2D eigenvalue weighted by Crippen LogP contribution is -2.60. The highest BCUT2D eigenvalue weighted by Gasteiger charge is 2.42. The van der Waals surface area contributed by atoms with Gasteiger partial charge in [0, 0.05) is 43.8 Å². The lowest BCUT2D eigenvalue weighted by atomic mass is 9.96. The molecule has 3 fully saturated rings. The van der Waals surface area contributed by atoms with Gasteiger partial charge in [0.15, 0.2) is 5.82 Å². The summed E-state index contributed by atoms with van der Waals surface area (Å²) in [7, 11) is 0. The zero-order valence-corrected chi connectivity index (χ0v) is 25.0. The normalized spacial score (nSPS) is 27.7. The molecule has 3 saturated heterocycles. The molecule has 10 nitrogen and oxygen atoms in total. The molecule has 15 heteroatoms. The molecule has 242 valence electrons. The number of morpholine rings is 1. The smallest absolute Gasteiger partial charge is 0.417 e. The largest absolute Gasteiger partial charge is 0.472 e. The van der Waals surface area contributed by atoms with Crippen LogP contribution < -0.4 is 25.4 Å². The van der Waals surface area contributed by atoms with Crippen LogP contribution in [0.3, 0.4) is 0 Å². The van der Waals surface area contributed by atoms with Gasteiger partial charge in [0.1, 0.15) is 40.9 Å². The maximum Gasteiger partial charge on any atom is 0.417 e. The highest BCUT2D eigenvalue weighted by atomic mass is 19.4. The average Bonchev–Trinajstić information content (AvgIpc) is 3.22. The number of nitrogens with two attached hydrogens (primary N) is 1. The predicted molar refractivity (Wildman–Crippen MR) is 155 cm³/mol. The van der Waals surface area contributed by atoms with E-state index in [4.69, 9.17) is 24.9 Å². The van der Waals surface area contributed by atoms with Crippen LogP contribution >= 0.6 is 0 Å². The van der Waals surface area contributed by atoms with Crippen molar-refractivity contribution in [1.82, 2.24) is 25.2 Å². The van der Waals surface area contributed by atoms with Gasteiger partial charge in [-0.05, 0) is 38.3 Å². The molecule has 1 unspecified atom stereocenters. The van der Waals surface area contributed by atoms with Crippen LogP contribution in [0, 0.1) is 18.6 Å². The van der Waals surface area contributed by atoms with Crippen LogP contribution in [-0.4, -0.2) is 89.6 Å². The van der Waals surface area contributed by atoms with Crippen LogP contribution in [0.15, 0.2) is 6.07 Å². The van der Waals surface area contributed by atoms with Gasteiger partial charge in [-0.1, -0.05) is 6.92 Å². The van der Waals surface area contributed by atoms with Crippen LogP contribution in [0.4, 0.5) is 33.5 Å². The summed E-state index contributed by atoms with van der Waals surface area (Å²) >= 11 is 0. The van der Waals surface area contributed by atoms with Crippen molar-refractivity contribution < 1.29 is 36.2 Å². The van der Waals surface area contributed by atoms with Gasteiger partial charge in [-0.25, -0.2) is 13.8 Å². The molecular formula is C30H34F5N7O3. The molecule has 0 spiro atoms. The third-order valence-electron chi connectivity index (χ3n) is 9.44. The van der Waals surface area contributed by atoms with Crippen LogP contribution in [0.25, 0.3) is 22.2 Å². The van der Waals surface area contributed by atoms with Crippen molar-refractivity contribution in [3.8, 4) is 23.1 Å². The standard InChI is InChI=1S/C30H34F5N7O3/c1-4-15-10-42-20(9-37-15)14(3)45-28-21-26(39-29(40-27(21)42)44-12-16-7-17-11-41(16)5-6-43-17)24(32)25(38-28)18-8-19(36)23(31)13(2)22(18)30(33,34)35/h8,14-17,20,37H,4-7,9-12,36H2,1-3H3/t14-,15+,16+,17+,20-/m0/s1. The Morgan fingerprint density at radius 3 is 2.69 bits per heavy atom. The highest BCUT2D eigenvalue weighted by Crippen LogP contribution is 2.46. The number of nitrogen functional groups attached to an aromatic ring is 1. The fourth-order valence-electron chi connectivity index (χ4n) is 7.05. The molecule has 3 N–H and O–H groups in total. The van der Waals surface area contributed by atoms with Crippen molar-refractivity contribution in [2.24, 2.45) is 0 Å². The number of anilines is 2. The first kappa shape index (κ1) is 30.1. The maximum absolute atomic E-state index is 16.7. The minimum absolute atomic E-state index is 0.0450. The lowest BCUT2D eigenvalue weighted by molar-refractivity contribution is -0.137. The van der Waals surface area contributed by atoms with E-state index in [0.29, 0.717) is 25.5 Å². The Morgan fingerprint density at radius 2 is 1.96 bits per heavy atom. The topological polar surface area (TPSA) is 111 Å². The molecule has 2 aromatic heterocycles. The minimum Gasteiger partial charge on any atom is -0.472 e. The van der Waals surface area contributed by atoms with Crippen LogP contribution in [-0.2, 0) is 10.9 Å². The molecule has 6 heterocycles. The van der Waals surface area contributed by atoms with E-state index in [1.165, 1.54) is 0 Å². The van der Waals surface area contributed by atoms with Gasteiger partial charge in [0.05, 0.1) is 30.0 Å². The molecular weight excluding hydrogens is 601 g/mol. The van der Waals surface area contributed by atoms with Crippen molar-refractivity contribution in [2.45, 2.75) is 70.1 Å². The summed E-state index contributed by atoms with van der Waals surface area (Å²) in [6.45, 7) is 8.27. The van der Waals surface area contributed by atoms with E-state index in [2.05, 4.69) is 20.2 Å². The van der Waals surface area contributed by atoms with Crippen LogP contribution in [0.2, 0.25) is 0 Å². The molecule has 0 aliphatic carbocycles. The number of hydrogen-bond acceptors (Lipinski definition) is 10. The van der Waals surface area contributed by atoms with Crippen molar-refractivity contribution in [3.05, 3.63) is 28.8 Å². The van der Waals surface area contributed by atoms with Crippen LogP contribution in [0.5, 0.6) is 11.9 Å². The monoisotopic (exact) mass is 635 g/mol. The number of nitrogens with one attached hydrogen (secondary N) is 1. The first-order valence-corrected chi connectivity index (χ1v) is 15.2. The molecule has 45 heavy (non-hydrogen) atoms. The lowest BCUT2D eigenvalue weighted by Gasteiger charge is -2.42. The van der Waals surface area contributed by atoms with Crippen molar-refractivity contribution >= 4 is 22.4 Å². The summed E-state index contributed by atoms with van der Waals surface area (Å²) in [6, 6.07) is 0.526. The van der Waals surface area contributed by atoms with E-state index < -0.39 is 52.0 Å². The molecule has 2 bridgehead atoms. The van der Waals surface area contributed by atoms with E-state index in [1.807, 2.05) is 18.7 Å². The molecule has 7 rings (SSSR count). The molecule has 0 amide bonds. The predicted octanol–water partition coefficient (Wildman–Crippen LogP) is 4.07. The second kappa shape index (κ2) is 11.1. The summed E-state index contributed by atoms with van der Waals surface area (Å²) in [5.41, 5.74) is 1.31. The molecule has 3 aromatic rings. The molecule has 6 atom stereocenters. The Balaban J connectivity index is 1.42. The fourth-order valence-corrected chi connectivity index (χ4v) is 7.05. The number of benzene rings is 1. The molecule has 0 radical (unpaired) electrons. The fraction of sp³-hybridized carbons (Fsp3) is 0.567. The Morgan fingerprint density at radius 1 is 1.16 bits per heavy atom. The van der Waals surface area contributed by atoms with Crippen molar-refractivity contribution in [1.29, 1.82) is 0 Å². The van der Waals surface area contributed by atoms with E-state index in [0.717, 1.165) is 38.9 Å². The molecule has 0 saturated carbocycles. The number of hydrogen-bond donors (Lipinski definition) is 2. The highest BCUT2D eigenvalue weighted by molar-refractivity contribution is 5.97. The van der Waals surface area contributed by atoms with Gasteiger partial charge in [-0.2, -0.15) is 23.1 Å². The summed E-state index contributed by atoms with van der Waals surface area (Å²) in [6.07, 6.45) is -3.85. The number of rotatable bonds is 5. The second-order valence-electron chi connectivity index (χ2n) is 12.2. The van der Waals surface area contributed by atoms with Crippen molar-refractivity contribution in [3.63, 3.8) is 0 Å². The maximum atomic E-state index is 16.7. The Bertz CT molecular complexity index is 1660. The summed E-state index contributed by atoms with van der Waals surface area (Å²) in [5.74, 6) is -2.18. The summed E-state index contributed by atoms with van der Waals surface area (Å²) in [5, 5.41) is 3.62. The minimum atomic E-state index is -5.04. The zero-order chi connectivity index (χ0) is 31.8. The number of ether oxygens (including phenoxy) is 3. The Labute approximate surface area is 256 Å². The number of aromatic nitrogens is 3. The SMILES string of the molecule is CC[C@@H]1CN2c3nc(OC[C@H]4C[C@@H]5CN4CCO5)nc4c(F)c(-c5cc(N)c(F)c(C)c5C(F)(F)F)nc(c34)O[C@@H](C)[C@@H]2CN1. The van der Waals surface area contributed by atoms with Gasteiger partial charge in [-0.15, -0.1) is 0 Å². The number of pyridine rings is 1. The zero-order valence-electron chi connectivity index (χ0n) is 25.0. The number of fused-ring (bicyclic) bond motifs is 4. The molecule has 4 aliphatic heterocycles. The number of alkyl halides is 3. The first-order chi connectivity index (χ1) is 21.4. The molecule has 1 aromatic carbocycles. The van der Waals surface area contributed by atoms with Gasteiger partial charge >= 0.3 is 12.2 Å². The Hall–Kier alpha value is -3.56. The Kier molecular flexibility index (Phi) is 7.40. The summed E-state index contributed by atoms with van der Waals surface area (Å²) < 4.78 is 92.5. The first-order valence-electron chi connectivity index (χ1n) is 15.2. The molecule has 4 aliphatic rings. The van der Waals surface area contributed by atoms with Gasteiger partial charge < -0.3 is 30.2 Å². The van der Waals surface area contributed by atoms with E-state index in [1.54, 1.807) is 0 Å². The van der Waals surface area contributed by atoms with Gasteiger partial charge in [-0.3, -0.25) is 4.90 Å². The van der Waals surface area contributed by atoms with Gasteiger partial charge in [0.25, 0.3) is 0 Å². The number of nitrogens with zero attached hydrogens (tertiary/aromatic N) is 5. The van der Waals surface area contributed by atoms with Crippen molar-refractivity contribution in [2.75, 3.05) is 50.0 Å². The summed E-state index contributed by atoms with van der Waals surface area (Å²) in [4.78, 5) is 17.7. The number of halogens is 5. The third-order valence-corrected chi connectivity index (χ3v) is 9.44.